The molecule has 3 aromatic rings. The maximum Gasteiger partial charge on any atom is 0.349 e. The summed E-state index contributed by atoms with van der Waals surface area (Å²) in [5.74, 6) is 0.520. The number of hydrogen-bond acceptors (Lipinski definition) is 6. The van der Waals surface area contributed by atoms with Crippen molar-refractivity contribution >= 4 is 68.2 Å². The van der Waals surface area contributed by atoms with Crippen molar-refractivity contribution in [3.63, 3.8) is 0 Å². The molecule has 166 valence electrons. The highest BCUT2D eigenvalue weighted by molar-refractivity contribution is 14.1. The van der Waals surface area contributed by atoms with Crippen LogP contribution in [-0.2, 0) is 9.53 Å². The van der Waals surface area contributed by atoms with Crippen LogP contribution in [0.25, 0.3) is 10.9 Å². The highest BCUT2D eigenvalue weighted by atomic mass is 127. The van der Waals surface area contributed by atoms with Gasteiger partial charge in [-0.3, -0.25) is 9.59 Å². The number of carbonyl (C=O) groups excluding carboxylic acids is 1. The predicted molar refractivity (Wildman–Crippen MR) is 137 cm³/mol. The maximum absolute atomic E-state index is 12.6. The summed E-state index contributed by atoms with van der Waals surface area (Å²) in [5, 5.41) is 4.47. The molecule has 0 aliphatic carbocycles. The van der Waals surface area contributed by atoms with Crippen molar-refractivity contribution in [1.82, 2.24) is 14.6 Å². The van der Waals surface area contributed by atoms with E-state index in [4.69, 9.17) is 9.47 Å². The Morgan fingerprint density at radius 3 is 2.56 bits per heavy atom. The molecule has 1 aliphatic heterocycles. The number of aromatic nitrogens is 2. The third-order valence-electron chi connectivity index (χ3n) is 4.83. The van der Waals surface area contributed by atoms with E-state index in [1.165, 1.54) is 6.21 Å². The molecule has 0 radical (unpaired) electrons. The smallest absolute Gasteiger partial charge is 0.349 e. The lowest BCUT2D eigenvalue weighted by Crippen LogP contribution is -2.43. The number of hydrogen-bond donors (Lipinski definition) is 1. The van der Waals surface area contributed by atoms with Crippen LogP contribution in [0, 0.1) is 7.14 Å². The summed E-state index contributed by atoms with van der Waals surface area (Å²) in [6.07, 6.45) is 1.44. The zero-order valence-electron chi connectivity index (χ0n) is 16.7. The van der Waals surface area contributed by atoms with E-state index in [9.17, 15) is 14.4 Å². The van der Waals surface area contributed by atoms with Gasteiger partial charge in [-0.1, -0.05) is 12.1 Å². The first-order chi connectivity index (χ1) is 15.4. The minimum absolute atomic E-state index is 0.0543. The minimum Gasteiger partial charge on any atom is -0.482 e. The van der Waals surface area contributed by atoms with Crippen LogP contribution in [0.5, 0.6) is 5.75 Å². The van der Waals surface area contributed by atoms with E-state index in [1.807, 2.05) is 0 Å². The average molecular weight is 660 g/mol. The van der Waals surface area contributed by atoms with Gasteiger partial charge in [-0.25, -0.2) is 4.79 Å². The van der Waals surface area contributed by atoms with Gasteiger partial charge in [-0.05, 0) is 75.0 Å². The molecule has 1 saturated heterocycles. The Morgan fingerprint density at radius 2 is 1.84 bits per heavy atom. The van der Waals surface area contributed by atoms with Gasteiger partial charge < -0.3 is 19.4 Å². The molecular formula is C21H18I2N4O5. The van der Waals surface area contributed by atoms with E-state index in [2.05, 4.69) is 55.3 Å². The molecule has 1 N–H and O–H groups in total. The zero-order valence-corrected chi connectivity index (χ0v) is 21.0. The van der Waals surface area contributed by atoms with Gasteiger partial charge in [0.15, 0.2) is 6.61 Å². The van der Waals surface area contributed by atoms with Crippen LogP contribution < -0.4 is 16.0 Å². The van der Waals surface area contributed by atoms with Gasteiger partial charge in [0, 0.05) is 13.1 Å². The highest BCUT2D eigenvalue weighted by Gasteiger charge is 2.18. The van der Waals surface area contributed by atoms with Crippen LogP contribution in [0.1, 0.15) is 5.56 Å². The van der Waals surface area contributed by atoms with Crippen LogP contribution in [0.15, 0.2) is 51.1 Å². The van der Waals surface area contributed by atoms with E-state index >= 15 is 0 Å². The molecule has 2 heterocycles. The molecule has 9 nitrogen and oxygen atoms in total. The monoisotopic (exact) mass is 660 g/mol. The summed E-state index contributed by atoms with van der Waals surface area (Å²) in [4.78, 5) is 41.6. The number of fused-ring (bicyclic) bond motifs is 1. The summed E-state index contributed by atoms with van der Waals surface area (Å²) in [5.41, 5.74) is 0.0405. The molecule has 0 atom stereocenters. The average Bonchev–Trinajstić information content (AvgIpc) is 2.79. The summed E-state index contributed by atoms with van der Waals surface area (Å²) < 4.78 is 13.4. The third kappa shape index (κ3) is 5.04. The second-order valence-electron chi connectivity index (χ2n) is 6.93. The molecular weight excluding hydrogens is 642 g/mol. The summed E-state index contributed by atoms with van der Waals surface area (Å²) in [6.45, 7) is 2.16. The number of benzene rings is 2. The molecule has 1 amide bonds. The summed E-state index contributed by atoms with van der Waals surface area (Å²) in [7, 11) is 0. The number of nitrogens with one attached hydrogen (secondary N) is 1. The van der Waals surface area contributed by atoms with Gasteiger partial charge in [0.25, 0.3) is 11.5 Å². The van der Waals surface area contributed by atoms with E-state index in [0.717, 1.165) is 11.8 Å². The molecule has 11 heteroatoms. The zero-order chi connectivity index (χ0) is 22.7. The SMILES string of the molecule is O=C(COc1c(I)cc(C=Nn2c(=O)[nH]c3ccccc3c2=O)cc1I)N1CCOCC1. The number of para-hydroxylation sites is 1. The normalized spacial score (nSPS) is 14.2. The molecule has 1 fully saturated rings. The number of carbonyl (C=O) groups is 1. The Kier molecular flexibility index (Phi) is 7.25. The van der Waals surface area contributed by atoms with E-state index in [-0.39, 0.29) is 12.5 Å². The second kappa shape index (κ2) is 10.1. The van der Waals surface area contributed by atoms with Crippen molar-refractivity contribution < 1.29 is 14.3 Å². The van der Waals surface area contributed by atoms with Crippen LogP contribution in [0.3, 0.4) is 0 Å². The number of ether oxygens (including phenoxy) is 2. The topological polar surface area (TPSA) is 106 Å². The highest BCUT2D eigenvalue weighted by Crippen LogP contribution is 2.28. The molecule has 0 unspecified atom stereocenters. The first-order valence-corrected chi connectivity index (χ1v) is 11.9. The van der Waals surface area contributed by atoms with Crippen LogP contribution in [0.2, 0.25) is 0 Å². The molecule has 1 aromatic heterocycles. The van der Waals surface area contributed by atoms with Gasteiger partial charge in [0.1, 0.15) is 5.75 Å². The van der Waals surface area contributed by atoms with Crippen LogP contribution in [-0.4, -0.2) is 59.6 Å². The molecule has 0 saturated carbocycles. The number of nitrogens with zero attached hydrogens (tertiary/aromatic N) is 3. The van der Waals surface area contributed by atoms with Crippen molar-refractivity contribution in [2.75, 3.05) is 32.9 Å². The van der Waals surface area contributed by atoms with E-state index in [0.29, 0.717) is 48.5 Å². The minimum atomic E-state index is -0.615. The van der Waals surface area contributed by atoms with Crippen molar-refractivity contribution in [1.29, 1.82) is 0 Å². The van der Waals surface area contributed by atoms with E-state index in [1.54, 1.807) is 41.3 Å². The van der Waals surface area contributed by atoms with Crippen LogP contribution in [0.4, 0.5) is 0 Å². The van der Waals surface area contributed by atoms with Crippen molar-refractivity contribution in [3.8, 4) is 5.75 Å². The Hall–Kier alpha value is -2.26. The van der Waals surface area contributed by atoms with Gasteiger partial charge in [-0.15, -0.1) is 4.68 Å². The fourth-order valence-electron chi connectivity index (χ4n) is 3.21. The second-order valence-corrected chi connectivity index (χ2v) is 9.26. The molecule has 2 aromatic carbocycles. The van der Waals surface area contributed by atoms with Crippen molar-refractivity contribution in [3.05, 3.63) is 69.9 Å². The summed E-state index contributed by atoms with van der Waals surface area (Å²) in [6, 6.07) is 10.4. The number of rotatable bonds is 5. The van der Waals surface area contributed by atoms with Gasteiger partial charge in [0.05, 0.1) is 37.5 Å². The number of halogens is 2. The molecule has 32 heavy (non-hydrogen) atoms. The van der Waals surface area contributed by atoms with Gasteiger partial charge in [-0.2, -0.15) is 5.10 Å². The molecule has 0 spiro atoms. The number of morpholine rings is 1. The Morgan fingerprint density at radius 1 is 1.16 bits per heavy atom. The maximum atomic E-state index is 12.6. The first-order valence-electron chi connectivity index (χ1n) is 9.70. The summed E-state index contributed by atoms with van der Waals surface area (Å²) >= 11 is 4.24. The Labute approximate surface area is 209 Å². The Bertz CT molecular complexity index is 1290. The van der Waals surface area contributed by atoms with E-state index < -0.39 is 11.2 Å². The lowest BCUT2D eigenvalue weighted by atomic mass is 10.2. The largest absolute Gasteiger partial charge is 0.482 e. The number of H-pyrrole nitrogens is 1. The first kappa shape index (κ1) is 22.9. The molecule has 1 aliphatic rings. The van der Waals surface area contributed by atoms with Crippen molar-refractivity contribution in [2.45, 2.75) is 0 Å². The number of amides is 1. The van der Waals surface area contributed by atoms with Crippen LogP contribution >= 0.6 is 45.2 Å². The van der Waals surface area contributed by atoms with Gasteiger partial charge in [0.2, 0.25) is 0 Å². The van der Waals surface area contributed by atoms with Gasteiger partial charge >= 0.3 is 5.69 Å². The molecule has 0 bridgehead atoms. The fraction of sp³-hybridized carbons (Fsp3) is 0.238. The standard InChI is InChI=1S/C21H18I2N4O5/c22-15-9-13(10-16(23)19(15)32-12-18(28)26-5-7-31-8-6-26)11-24-27-20(29)14-3-1-2-4-17(14)25-21(27)30/h1-4,9-11H,5-8,12H2,(H,25,30). The lowest BCUT2D eigenvalue weighted by molar-refractivity contribution is -0.137. The quantitative estimate of drug-likeness (QED) is 0.334. The predicted octanol–water partition coefficient (Wildman–Crippen LogP) is 2.02. The number of aromatic amines is 1. The Balaban J connectivity index is 1.53. The van der Waals surface area contributed by atoms with Crippen molar-refractivity contribution in [2.24, 2.45) is 5.10 Å². The fourth-order valence-corrected chi connectivity index (χ4v) is 5.34. The third-order valence-corrected chi connectivity index (χ3v) is 6.43. The molecule has 4 rings (SSSR count). The lowest BCUT2D eigenvalue weighted by Gasteiger charge is -2.26.